The highest BCUT2D eigenvalue weighted by atomic mass is 32.2. The molecule has 1 aromatic rings. The number of hydrogen-bond donors (Lipinski definition) is 2. The average molecular weight is 365 g/mol. The van der Waals surface area contributed by atoms with Gasteiger partial charge in [0.2, 0.25) is 0 Å². The summed E-state index contributed by atoms with van der Waals surface area (Å²) in [5.74, 6) is 2.90. The summed E-state index contributed by atoms with van der Waals surface area (Å²) < 4.78 is 5.42. The van der Waals surface area contributed by atoms with Crippen LogP contribution in [0, 0.1) is 0 Å². The predicted molar refractivity (Wildman–Crippen MR) is 109 cm³/mol. The van der Waals surface area contributed by atoms with Gasteiger partial charge in [0.05, 0.1) is 19.7 Å². The first-order valence-electron chi connectivity index (χ1n) is 9.17. The lowest BCUT2D eigenvalue weighted by molar-refractivity contribution is 0.251. The van der Waals surface area contributed by atoms with E-state index in [2.05, 4.69) is 46.9 Å². The van der Waals surface area contributed by atoms with Gasteiger partial charge >= 0.3 is 0 Å². The molecular formula is C19H32N4OS. The molecule has 1 saturated heterocycles. The zero-order chi connectivity index (χ0) is 17.9. The number of likely N-dealkylation sites (tertiary alicyclic amines) is 1. The van der Waals surface area contributed by atoms with Crippen LogP contribution < -0.4 is 15.4 Å². The van der Waals surface area contributed by atoms with Gasteiger partial charge in [0.15, 0.2) is 5.96 Å². The molecule has 0 aliphatic carbocycles. The van der Waals surface area contributed by atoms with Gasteiger partial charge in [0, 0.05) is 18.8 Å². The molecule has 1 atom stereocenters. The molecule has 1 heterocycles. The zero-order valence-electron chi connectivity index (χ0n) is 15.8. The van der Waals surface area contributed by atoms with Crippen molar-refractivity contribution in [3.63, 3.8) is 0 Å². The van der Waals surface area contributed by atoms with E-state index in [4.69, 9.17) is 9.73 Å². The van der Waals surface area contributed by atoms with Gasteiger partial charge < -0.3 is 15.4 Å². The lowest BCUT2D eigenvalue weighted by atomic mass is 10.1. The molecule has 6 heteroatoms. The summed E-state index contributed by atoms with van der Waals surface area (Å²) in [5, 5.41) is 6.76. The Morgan fingerprint density at radius 3 is 2.80 bits per heavy atom. The largest absolute Gasteiger partial charge is 0.497 e. The Morgan fingerprint density at radius 1 is 1.32 bits per heavy atom. The molecule has 0 radical (unpaired) electrons. The number of aliphatic imine (C=N–C) groups is 1. The summed E-state index contributed by atoms with van der Waals surface area (Å²) >= 11 is 1.84. The van der Waals surface area contributed by atoms with E-state index in [9.17, 15) is 0 Å². The van der Waals surface area contributed by atoms with Crippen molar-refractivity contribution in [1.82, 2.24) is 15.5 Å². The molecule has 1 aliphatic rings. The summed E-state index contributed by atoms with van der Waals surface area (Å²) in [5.41, 5.74) is 1.28. The van der Waals surface area contributed by atoms with E-state index in [0.717, 1.165) is 50.2 Å². The Bertz CT molecular complexity index is 532. The fourth-order valence-corrected chi connectivity index (χ4v) is 3.43. The minimum Gasteiger partial charge on any atom is -0.497 e. The van der Waals surface area contributed by atoms with Gasteiger partial charge in [-0.25, -0.2) is 0 Å². The van der Waals surface area contributed by atoms with Crippen LogP contribution in [0.25, 0.3) is 0 Å². The number of nitrogens with zero attached hydrogens (tertiary/aromatic N) is 2. The molecule has 0 amide bonds. The summed E-state index contributed by atoms with van der Waals surface area (Å²) in [6.45, 7) is 6.95. The van der Waals surface area contributed by atoms with Crippen molar-refractivity contribution in [3.05, 3.63) is 29.8 Å². The number of hydrogen-bond acceptors (Lipinski definition) is 4. The second-order valence-electron chi connectivity index (χ2n) is 6.17. The number of ether oxygens (including phenoxy) is 1. The third-order valence-electron chi connectivity index (χ3n) is 4.43. The lowest BCUT2D eigenvalue weighted by Crippen LogP contribution is -2.39. The number of rotatable bonds is 9. The van der Waals surface area contributed by atoms with E-state index in [1.807, 2.05) is 17.8 Å². The maximum atomic E-state index is 5.42. The smallest absolute Gasteiger partial charge is 0.191 e. The van der Waals surface area contributed by atoms with Crippen molar-refractivity contribution in [1.29, 1.82) is 0 Å². The molecule has 1 fully saturated rings. The van der Waals surface area contributed by atoms with Gasteiger partial charge in [0.1, 0.15) is 5.75 Å². The molecular weight excluding hydrogens is 332 g/mol. The van der Waals surface area contributed by atoms with Gasteiger partial charge in [-0.2, -0.15) is 11.8 Å². The first kappa shape index (κ1) is 19.9. The molecule has 5 nitrogen and oxygen atoms in total. The Labute approximate surface area is 156 Å². The molecule has 0 aromatic heterocycles. The van der Waals surface area contributed by atoms with Crippen LogP contribution in [-0.2, 0) is 0 Å². The van der Waals surface area contributed by atoms with E-state index < -0.39 is 0 Å². The molecule has 1 aromatic carbocycles. The topological polar surface area (TPSA) is 48.9 Å². The zero-order valence-corrected chi connectivity index (χ0v) is 16.6. The van der Waals surface area contributed by atoms with Gasteiger partial charge in [-0.3, -0.25) is 9.89 Å². The van der Waals surface area contributed by atoms with E-state index in [-0.39, 0.29) is 0 Å². The van der Waals surface area contributed by atoms with Crippen LogP contribution in [0.3, 0.4) is 0 Å². The highest BCUT2D eigenvalue weighted by molar-refractivity contribution is 7.98. The lowest BCUT2D eigenvalue weighted by Gasteiger charge is -2.27. The molecule has 0 bridgehead atoms. The summed E-state index contributed by atoms with van der Waals surface area (Å²) in [6, 6.07) is 8.71. The number of methoxy groups -OCH3 is 1. The molecule has 0 spiro atoms. The molecule has 25 heavy (non-hydrogen) atoms. The van der Waals surface area contributed by atoms with Gasteiger partial charge in [-0.15, -0.1) is 0 Å². The second kappa shape index (κ2) is 11.3. The maximum absolute atomic E-state index is 5.42. The number of thioether (sulfide) groups is 1. The normalized spacial score (nSPS) is 16.7. The van der Waals surface area contributed by atoms with Crippen LogP contribution in [-0.4, -0.2) is 62.7 Å². The highest BCUT2D eigenvalue weighted by Crippen LogP contribution is 2.27. The first-order chi connectivity index (χ1) is 12.3. The summed E-state index contributed by atoms with van der Waals surface area (Å²) in [7, 11) is 1.72. The van der Waals surface area contributed by atoms with Crippen LogP contribution in [0.2, 0.25) is 0 Å². The van der Waals surface area contributed by atoms with Crippen LogP contribution >= 0.6 is 11.8 Å². The molecule has 1 aliphatic heterocycles. The van der Waals surface area contributed by atoms with E-state index >= 15 is 0 Å². The molecule has 2 rings (SSSR count). The van der Waals surface area contributed by atoms with Crippen molar-refractivity contribution in [3.8, 4) is 5.75 Å². The van der Waals surface area contributed by atoms with E-state index in [0.29, 0.717) is 6.04 Å². The maximum Gasteiger partial charge on any atom is 0.191 e. The fourth-order valence-electron chi connectivity index (χ4n) is 3.12. The molecule has 140 valence electrons. The third kappa shape index (κ3) is 6.44. The molecule has 0 saturated carbocycles. The van der Waals surface area contributed by atoms with Gasteiger partial charge in [0.25, 0.3) is 0 Å². The van der Waals surface area contributed by atoms with E-state index in [1.54, 1.807) is 7.11 Å². The fraction of sp³-hybridized carbons (Fsp3) is 0.632. The second-order valence-corrected chi connectivity index (χ2v) is 7.16. The van der Waals surface area contributed by atoms with Gasteiger partial charge in [-0.1, -0.05) is 12.1 Å². The summed E-state index contributed by atoms with van der Waals surface area (Å²) in [4.78, 5) is 7.41. The van der Waals surface area contributed by atoms with Crippen molar-refractivity contribution in [2.75, 3.05) is 51.8 Å². The van der Waals surface area contributed by atoms with Crippen molar-refractivity contribution in [2.45, 2.75) is 25.8 Å². The molecule has 2 N–H and O–H groups in total. The average Bonchev–Trinajstić information content (AvgIpc) is 3.16. The van der Waals surface area contributed by atoms with Crippen molar-refractivity contribution < 1.29 is 4.74 Å². The SMILES string of the molecule is CCNC(=NCC(c1cccc(OC)c1)N1CCCC1)NCCSC. The quantitative estimate of drug-likeness (QED) is 0.401. The van der Waals surface area contributed by atoms with Crippen LogP contribution in [0.4, 0.5) is 0 Å². The number of nitrogens with one attached hydrogen (secondary N) is 2. The predicted octanol–water partition coefficient (Wildman–Crippen LogP) is 2.75. The standard InChI is InChI=1S/C19H32N4OS/c1-4-20-19(21-10-13-25-3)22-15-18(23-11-5-6-12-23)16-8-7-9-17(14-16)24-2/h7-9,14,18H,4-6,10-13,15H2,1-3H3,(H2,20,21,22). The van der Waals surface area contributed by atoms with Crippen LogP contribution in [0.5, 0.6) is 5.75 Å². The Hall–Kier alpha value is -1.40. The van der Waals surface area contributed by atoms with Gasteiger partial charge in [-0.05, 0) is 56.8 Å². The number of benzene rings is 1. The monoisotopic (exact) mass is 364 g/mol. The van der Waals surface area contributed by atoms with Crippen LogP contribution in [0.1, 0.15) is 31.4 Å². The van der Waals surface area contributed by atoms with E-state index in [1.165, 1.54) is 18.4 Å². The van der Waals surface area contributed by atoms with Crippen LogP contribution in [0.15, 0.2) is 29.3 Å². The Morgan fingerprint density at radius 2 is 2.12 bits per heavy atom. The number of guanidine groups is 1. The third-order valence-corrected chi connectivity index (χ3v) is 5.04. The Balaban J connectivity index is 2.12. The summed E-state index contributed by atoms with van der Waals surface area (Å²) in [6.07, 6.45) is 4.67. The molecule has 1 unspecified atom stereocenters. The Kier molecular flexibility index (Phi) is 8.97. The minimum absolute atomic E-state index is 0.300. The van der Waals surface area contributed by atoms with Crippen molar-refractivity contribution >= 4 is 17.7 Å². The minimum atomic E-state index is 0.300. The first-order valence-corrected chi connectivity index (χ1v) is 10.6. The highest BCUT2D eigenvalue weighted by Gasteiger charge is 2.23. The van der Waals surface area contributed by atoms with Crippen molar-refractivity contribution in [2.24, 2.45) is 4.99 Å².